The van der Waals surface area contributed by atoms with Crippen LogP contribution in [0.1, 0.15) is 5.56 Å². The smallest absolute Gasteiger partial charge is 0.321 e. The summed E-state index contributed by atoms with van der Waals surface area (Å²) in [6.45, 7) is 0.529. The van der Waals surface area contributed by atoms with E-state index in [9.17, 15) is 4.79 Å². The second-order valence-electron chi connectivity index (χ2n) is 4.38. The summed E-state index contributed by atoms with van der Waals surface area (Å²) in [6, 6.07) is 14.7. The van der Waals surface area contributed by atoms with Crippen LogP contribution in [0.3, 0.4) is 0 Å². The third kappa shape index (κ3) is 3.99. The average molecular weight is 354 g/mol. The van der Waals surface area contributed by atoms with Gasteiger partial charge in [-0.1, -0.05) is 45.7 Å². The molecule has 1 N–H and O–H groups in total. The Morgan fingerprint density at radius 1 is 1.20 bits per heavy atom. The zero-order valence-corrected chi connectivity index (χ0v) is 13.3. The Labute approximate surface area is 131 Å². The molecule has 0 radical (unpaired) electrons. The molecule has 0 aliphatic heterocycles. The molecule has 0 atom stereocenters. The monoisotopic (exact) mass is 352 g/mol. The van der Waals surface area contributed by atoms with Crippen LogP contribution >= 0.6 is 27.5 Å². The van der Waals surface area contributed by atoms with Crippen LogP contribution in [0, 0.1) is 0 Å². The fraction of sp³-hybridized carbons (Fsp3) is 0.133. The standard InChI is InChI=1S/C15H14BrClN2O/c1-19(10-11-4-2-3-5-14(11)16)15(20)18-13-8-6-12(17)7-9-13/h2-9H,10H2,1H3,(H,18,20). The maximum Gasteiger partial charge on any atom is 0.321 e. The van der Waals surface area contributed by atoms with E-state index in [4.69, 9.17) is 11.6 Å². The summed E-state index contributed by atoms with van der Waals surface area (Å²) in [5.41, 5.74) is 1.78. The Kier molecular flexibility index (Phi) is 5.04. The van der Waals surface area contributed by atoms with Crippen molar-refractivity contribution in [3.05, 3.63) is 63.6 Å². The van der Waals surface area contributed by atoms with E-state index in [0.717, 1.165) is 15.7 Å². The largest absolute Gasteiger partial charge is 0.323 e. The highest BCUT2D eigenvalue weighted by atomic mass is 79.9. The van der Waals surface area contributed by atoms with Gasteiger partial charge in [0.2, 0.25) is 0 Å². The van der Waals surface area contributed by atoms with Gasteiger partial charge >= 0.3 is 6.03 Å². The molecular formula is C15H14BrClN2O. The number of benzene rings is 2. The predicted molar refractivity (Wildman–Crippen MR) is 86.1 cm³/mol. The fourth-order valence-electron chi connectivity index (χ4n) is 1.71. The van der Waals surface area contributed by atoms with Crippen molar-refractivity contribution in [3.8, 4) is 0 Å². The highest BCUT2D eigenvalue weighted by Gasteiger charge is 2.10. The summed E-state index contributed by atoms with van der Waals surface area (Å²) in [5, 5.41) is 3.46. The van der Waals surface area contributed by atoms with Gasteiger partial charge in [0.25, 0.3) is 0 Å². The molecule has 0 aromatic heterocycles. The molecule has 0 aliphatic rings. The highest BCUT2D eigenvalue weighted by Crippen LogP contribution is 2.18. The van der Waals surface area contributed by atoms with Gasteiger partial charge in [0.05, 0.1) is 0 Å². The number of halogens is 2. The van der Waals surface area contributed by atoms with Gasteiger partial charge in [0.15, 0.2) is 0 Å². The Morgan fingerprint density at radius 2 is 1.85 bits per heavy atom. The molecule has 0 saturated heterocycles. The van der Waals surface area contributed by atoms with E-state index in [1.807, 2.05) is 24.3 Å². The van der Waals surface area contributed by atoms with Crippen LogP contribution in [-0.2, 0) is 6.54 Å². The lowest BCUT2D eigenvalue weighted by molar-refractivity contribution is 0.220. The molecular weight excluding hydrogens is 340 g/mol. The van der Waals surface area contributed by atoms with E-state index in [-0.39, 0.29) is 6.03 Å². The SMILES string of the molecule is CN(Cc1ccccc1Br)C(=O)Nc1ccc(Cl)cc1. The lowest BCUT2D eigenvalue weighted by Crippen LogP contribution is -2.30. The normalized spacial score (nSPS) is 10.2. The molecule has 2 rings (SSSR count). The van der Waals surface area contributed by atoms with Gasteiger partial charge in [0, 0.05) is 28.8 Å². The van der Waals surface area contributed by atoms with Crippen molar-refractivity contribution < 1.29 is 4.79 Å². The van der Waals surface area contributed by atoms with Crippen LogP contribution in [0.5, 0.6) is 0 Å². The third-order valence-electron chi connectivity index (χ3n) is 2.81. The van der Waals surface area contributed by atoms with Gasteiger partial charge in [-0.15, -0.1) is 0 Å². The first-order valence-electron chi connectivity index (χ1n) is 6.07. The molecule has 0 aliphatic carbocycles. The van der Waals surface area contributed by atoms with E-state index >= 15 is 0 Å². The summed E-state index contributed by atoms with van der Waals surface area (Å²) >= 11 is 9.28. The molecule has 0 saturated carbocycles. The Hall–Kier alpha value is -1.52. The van der Waals surface area contributed by atoms with E-state index in [0.29, 0.717) is 11.6 Å². The van der Waals surface area contributed by atoms with Gasteiger partial charge in [-0.2, -0.15) is 0 Å². The number of urea groups is 1. The summed E-state index contributed by atoms with van der Waals surface area (Å²) < 4.78 is 0.992. The Balaban J connectivity index is 1.99. The number of anilines is 1. The topological polar surface area (TPSA) is 32.3 Å². The molecule has 0 spiro atoms. The lowest BCUT2D eigenvalue weighted by atomic mass is 10.2. The molecule has 0 fully saturated rings. The third-order valence-corrected chi connectivity index (χ3v) is 3.83. The number of carbonyl (C=O) groups excluding carboxylic acids is 1. The Morgan fingerprint density at radius 3 is 2.50 bits per heavy atom. The van der Waals surface area contributed by atoms with Crippen LogP contribution in [0.2, 0.25) is 5.02 Å². The first-order chi connectivity index (χ1) is 9.56. The number of nitrogens with one attached hydrogen (secondary N) is 1. The number of carbonyl (C=O) groups is 1. The minimum atomic E-state index is -0.164. The van der Waals surface area contributed by atoms with Crippen molar-refractivity contribution in [2.45, 2.75) is 6.54 Å². The molecule has 0 heterocycles. The Bertz CT molecular complexity index is 601. The number of nitrogens with zero attached hydrogens (tertiary/aromatic N) is 1. The van der Waals surface area contributed by atoms with Crippen molar-refractivity contribution >= 4 is 39.2 Å². The van der Waals surface area contributed by atoms with Crippen molar-refractivity contribution in [3.63, 3.8) is 0 Å². The van der Waals surface area contributed by atoms with E-state index in [2.05, 4.69) is 21.2 Å². The second-order valence-corrected chi connectivity index (χ2v) is 5.68. The number of hydrogen-bond acceptors (Lipinski definition) is 1. The van der Waals surface area contributed by atoms with E-state index in [1.54, 1.807) is 36.2 Å². The summed E-state index contributed by atoms with van der Waals surface area (Å²) in [7, 11) is 1.75. The maximum absolute atomic E-state index is 12.1. The molecule has 5 heteroatoms. The van der Waals surface area contributed by atoms with Crippen LogP contribution in [0.15, 0.2) is 53.0 Å². The van der Waals surface area contributed by atoms with Gasteiger partial charge in [0.1, 0.15) is 0 Å². The number of hydrogen-bond donors (Lipinski definition) is 1. The zero-order chi connectivity index (χ0) is 14.5. The molecule has 2 aromatic rings. The number of rotatable bonds is 3. The van der Waals surface area contributed by atoms with Gasteiger partial charge in [-0.3, -0.25) is 0 Å². The van der Waals surface area contributed by atoms with Gasteiger partial charge < -0.3 is 10.2 Å². The minimum absolute atomic E-state index is 0.164. The van der Waals surface area contributed by atoms with Gasteiger partial charge in [-0.05, 0) is 35.9 Å². The summed E-state index contributed by atoms with van der Waals surface area (Å²) in [5.74, 6) is 0. The van der Waals surface area contributed by atoms with Crippen molar-refractivity contribution in [1.82, 2.24) is 4.90 Å². The van der Waals surface area contributed by atoms with Crippen LogP contribution in [-0.4, -0.2) is 18.0 Å². The maximum atomic E-state index is 12.1. The fourth-order valence-corrected chi connectivity index (χ4v) is 2.24. The molecule has 20 heavy (non-hydrogen) atoms. The van der Waals surface area contributed by atoms with Crippen molar-refractivity contribution in [2.24, 2.45) is 0 Å². The number of amides is 2. The minimum Gasteiger partial charge on any atom is -0.323 e. The van der Waals surface area contributed by atoms with Crippen LogP contribution in [0.25, 0.3) is 0 Å². The second kappa shape index (κ2) is 6.77. The highest BCUT2D eigenvalue weighted by molar-refractivity contribution is 9.10. The molecule has 104 valence electrons. The molecule has 2 amide bonds. The van der Waals surface area contributed by atoms with E-state index in [1.165, 1.54) is 0 Å². The van der Waals surface area contributed by atoms with Gasteiger partial charge in [-0.25, -0.2) is 4.79 Å². The van der Waals surface area contributed by atoms with Crippen LogP contribution < -0.4 is 5.32 Å². The molecule has 0 unspecified atom stereocenters. The zero-order valence-electron chi connectivity index (χ0n) is 10.9. The first-order valence-corrected chi connectivity index (χ1v) is 7.24. The molecule has 2 aromatic carbocycles. The van der Waals surface area contributed by atoms with Crippen molar-refractivity contribution in [2.75, 3.05) is 12.4 Å². The van der Waals surface area contributed by atoms with Crippen LogP contribution in [0.4, 0.5) is 10.5 Å². The first kappa shape index (κ1) is 14.9. The van der Waals surface area contributed by atoms with E-state index < -0.39 is 0 Å². The summed E-state index contributed by atoms with van der Waals surface area (Å²) in [4.78, 5) is 13.7. The summed E-state index contributed by atoms with van der Waals surface area (Å²) in [6.07, 6.45) is 0. The predicted octanol–water partition coefficient (Wildman–Crippen LogP) is 4.77. The lowest BCUT2D eigenvalue weighted by Gasteiger charge is -2.18. The molecule has 0 bridgehead atoms. The van der Waals surface area contributed by atoms with Crippen molar-refractivity contribution in [1.29, 1.82) is 0 Å². The quantitative estimate of drug-likeness (QED) is 0.847. The average Bonchev–Trinajstić information content (AvgIpc) is 2.44. The molecule has 3 nitrogen and oxygen atoms in total.